The molecule has 0 N–H and O–H groups in total. The van der Waals surface area contributed by atoms with Crippen LogP contribution in [-0.2, 0) is 19.6 Å². The molecule has 0 radical (unpaired) electrons. The first-order valence-electron chi connectivity index (χ1n) is 8.04. The van der Waals surface area contributed by atoms with Gasteiger partial charge in [-0.15, -0.1) is 0 Å². The van der Waals surface area contributed by atoms with Gasteiger partial charge in [0.1, 0.15) is 11.4 Å². The fourth-order valence-corrected chi connectivity index (χ4v) is 5.36. The predicted octanol–water partition coefficient (Wildman–Crippen LogP) is 4.18. The van der Waals surface area contributed by atoms with Crippen molar-refractivity contribution in [1.82, 2.24) is 4.90 Å². The Labute approximate surface area is 197 Å². The number of allylic oxidation sites excluding steroid dienone is 2. The Kier molecular flexibility index (Phi) is 6.75. The SMILES string of the molecule is O=C1C(N2CCOCC2)=C(Cl)C(=NS(=O)(=O)c2ccc(Cl)cc2)C(Cl)(Cl)C1(Cl)Cl. The molecule has 1 saturated heterocycles. The number of benzene rings is 1. The van der Waals surface area contributed by atoms with E-state index in [0.717, 1.165) is 0 Å². The average Bonchev–Trinajstić information content (AvgIpc) is 2.66. The summed E-state index contributed by atoms with van der Waals surface area (Å²) in [4.78, 5) is 14.3. The molecule has 0 atom stereocenters. The van der Waals surface area contributed by atoms with Crippen molar-refractivity contribution in [2.24, 2.45) is 4.40 Å². The van der Waals surface area contributed by atoms with Crippen LogP contribution < -0.4 is 0 Å². The van der Waals surface area contributed by atoms with E-state index in [1.807, 2.05) is 0 Å². The van der Waals surface area contributed by atoms with E-state index in [2.05, 4.69) is 4.40 Å². The summed E-state index contributed by atoms with van der Waals surface area (Å²) in [6, 6.07) is 5.24. The van der Waals surface area contributed by atoms with E-state index in [9.17, 15) is 13.2 Å². The molecule has 0 aromatic heterocycles. The summed E-state index contributed by atoms with van der Waals surface area (Å²) in [7, 11) is -4.33. The molecule has 6 nitrogen and oxygen atoms in total. The number of Topliss-reactive ketones (excluding diaryl/α,β-unsaturated/α-hetero) is 1. The van der Waals surface area contributed by atoms with Crippen molar-refractivity contribution in [3.8, 4) is 0 Å². The van der Waals surface area contributed by atoms with Gasteiger partial charge in [0.2, 0.25) is 14.4 Å². The minimum absolute atomic E-state index is 0.123. The van der Waals surface area contributed by atoms with Crippen LogP contribution in [0, 0.1) is 0 Å². The largest absolute Gasteiger partial charge is 0.378 e. The maximum Gasteiger partial charge on any atom is 0.282 e. The molecule has 0 bridgehead atoms. The second-order valence-corrected chi connectivity index (χ2v) is 11.2. The van der Waals surface area contributed by atoms with Gasteiger partial charge in [-0.3, -0.25) is 4.79 Å². The van der Waals surface area contributed by atoms with Crippen molar-refractivity contribution >= 4 is 91.1 Å². The van der Waals surface area contributed by atoms with Crippen LogP contribution in [0.4, 0.5) is 0 Å². The molecule has 1 fully saturated rings. The highest BCUT2D eigenvalue weighted by Gasteiger charge is 2.62. The van der Waals surface area contributed by atoms with E-state index in [0.29, 0.717) is 31.3 Å². The van der Waals surface area contributed by atoms with E-state index < -0.39 is 30.2 Å². The molecule has 1 aliphatic heterocycles. The van der Waals surface area contributed by atoms with Gasteiger partial charge >= 0.3 is 0 Å². The molecule has 1 aromatic rings. The van der Waals surface area contributed by atoms with Crippen LogP contribution in [0.1, 0.15) is 0 Å². The van der Waals surface area contributed by atoms with Crippen LogP contribution in [-0.4, -0.2) is 59.8 Å². The number of halogens is 6. The van der Waals surface area contributed by atoms with Crippen molar-refractivity contribution < 1.29 is 17.9 Å². The predicted molar refractivity (Wildman–Crippen MR) is 115 cm³/mol. The molecule has 2 aliphatic rings. The van der Waals surface area contributed by atoms with E-state index in [1.54, 1.807) is 4.90 Å². The van der Waals surface area contributed by atoms with E-state index in [-0.39, 0.29) is 15.6 Å². The van der Waals surface area contributed by atoms with Crippen molar-refractivity contribution in [3.63, 3.8) is 0 Å². The molecular weight excluding hydrogens is 529 g/mol. The lowest BCUT2D eigenvalue weighted by molar-refractivity contribution is -0.118. The number of hydrogen-bond donors (Lipinski definition) is 0. The zero-order chi connectivity index (χ0) is 21.6. The zero-order valence-corrected chi connectivity index (χ0v) is 19.7. The standard InChI is InChI=1S/C16H12Cl6N2O4S/c17-9-1-3-10(4-2-9)29(26,27)23-13-11(18)12(24-5-7-28-8-6-24)14(25)16(21,22)15(13,19)20/h1-4H,5-8H2. The summed E-state index contributed by atoms with van der Waals surface area (Å²) in [5.74, 6) is -0.861. The van der Waals surface area contributed by atoms with Crippen LogP contribution in [0.3, 0.4) is 0 Å². The molecule has 1 aromatic carbocycles. The van der Waals surface area contributed by atoms with Gasteiger partial charge in [0.15, 0.2) is 0 Å². The van der Waals surface area contributed by atoms with Crippen molar-refractivity contribution in [2.45, 2.75) is 13.6 Å². The lowest BCUT2D eigenvalue weighted by Gasteiger charge is -2.41. The maximum absolute atomic E-state index is 12.9. The van der Waals surface area contributed by atoms with Gasteiger partial charge in [-0.2, -0.15) is 12.8 Å². The smallest absolute Gasteiger partial charge is 0.282 e. The van der Waals surface area contributed by atoms with Gasteiger partial charge in [-0.25, -0.2) is 0 Å². The van der Waals surface area contributed by atoms with Gasteiger partial charge in [0.25, 0.3) is 10.0 Å². The second-order valence-electron chi connectivity index (χ2n) is 6.11. The molecule has 3 rings (SSSR count). The van der Waals surface area contributed by atoms with Crippen LogP contribution in [0.15, 0.2) is 44.3 Å². The Morgan fingerprint density at radius 3 is 2.07 bits per heavy atom. The van der Waals surface area contributed by atoms with Gasteiger partial charge in [-0.1, -0.05) is 69.6 Å². The van der Waals surface area contributed by atoms with E-state index in [4.69, 9.17) is 74.3 Å². The number of ether oxygens (including phenoxy) is 1. The van der Waals surface area contributed by atoms with Gasteiger partial charge in [0.05, 0.1) is 23.1 Å². The zero-order valence-electron chi connectivity index (χ0n) is 14.3. The average molecular weight is 541 g/mol. The number of ketones is 1. The van der Waals surface area contributed by atoms with E-state index >= 15 is 0 Å². The number of sulfonamides is 1. The van der Waals surface area contributed by atoms with Gasteiger partial charge < -0.3 is 9.64 Å². The number of rotatable bonds is 3. The Balaban J connectivity index is 2.20. The fraction of sp³-hybridized carbons (Fsp3) is 0.375. The van der Waals surface area contributed by atoms with Crippen LogP contribution in [0.25, 0.3) is 0 Å². The number of nitrogens with zero attached hydrogens (tertiary/aromatic N) is 2. The molecule has 0 amide bonds. The number of alkyl halides is 4. The summed E-state index contributed by atoms with van der Waals surface area (Å²) in [6.07, 6.45) is 0. The molecule has 158 valence electrons. The highest BCUT2D eigenvalue weighted by molar-refractivity contribution is 7.90. The van der Waals surface area contributed by atoms with Gasteiger partial charge in [-0.05, 0) is 24.3 Å². The molecule has 0 spiro atoms. The summed E-state index contributed by atoms with van der Waals surface area (Å²) < 4.78 is 29.7. The third-order valence-electron chi connectivity index (χ3n) is 4.26. The monoisotopic (exact) mass is 538 g/mol. The van der Waals surface area contributed by atoms with Crippen LogP contribution >= 0.6 is 69.6 Å². The summed E-state index contributed by atoms with van der Waals surface area (Å²) >= 11 is 37.0. The quantitative estimate of drug-likeness (QED) is 0.538. The lowest BCUT2D eigenvalue weighted by atomic mass is 9.97. The van der Waals surface area contributed by atoms with Crippen molar-refractivity contribution in [2.75, 3.05) is 26.3 Å². The highest BCUT2D eigenvalue weighted by Crippen LogP contribution is 2.52. The van der Waals surface area contributed by atoms with E-state index in [1.165, 1.54) is 24.3 Å². The molecule has 1 aliphatic carbocycles. The third kappa shape index (κ3) is 4.26. The number of morpholine rings is 1. The minimum Gasteiger partial charge on any atom is -0.378 e. The van der Waals surface area contributed by atoms with Crippen LogP contribution in [0.5, 0.6) is 0 Å². The summed E-state index contributed by atoms with van der Waals surface area (Å²) in [5.41, 5.74) is -0.675. The normalized spacial score (nSPS) is 23.6. The second kappa shape index (κ2) is 8.36. The number of carbonyl (C=O) groups excluding carboxylic acids is 1. The topological polar surface area (TPSA) is 76.0 Å². The Morgan fingerprint density at radius 1 is 0.966 bits per heavy atom. The third-order valence-corrected chi connectivity index (χ3v) is 8.38. The first-order chi connectivity index (χ1) is 13.4. The Bertz CT molecular complexity index is 999. The van der Waals surface area contributed by atoms with Gasteiger partial charge in [0, 0.05) is 18.1 Å². The molecular formula is C16H12Cl6N2O4S. The molecule has 13 heteroatoms. The molecule has 0 unspecified atom stereocenters. The maximum atomic E-state index is 12.9. The number of carbonyl (C=O) groups is 1. The van der Waals surface area contributed by atoms with Crippen LogP contribution in [0.2, 0.25) is 5.02 Å². The molecule has 1 heterocycles. The first kappa shape index (κ1) is 23.4. The first-order valence-corrected chi connectivity index (χ1v) is 11.7. The Hall–Kier alpha value is -0.250. The molecule has 29 heavy (non-hydrogen) atoms. The lowest BCUT2D eigenvalue weighted by Crippen LogP contribution is -2.57. The van der Waals surface area contributed by atoms with Crippen molar-refractivity contribution in [1.29, 1.82) is 0 Å². The highest BCUT2D eigenvalue weighted by atomic mass is 35.5. The molecule has 0 saturated carbocycles. The summed E-state index contributed by atoms with van der Waals surface area (Å²) in [6.45, 7) is 1.24. The summed E-state index contributed by atoms with van der Waals surface area (Å²) in [5, 5.41) is -0.0201. The van der Waals surface area contributed by atoms with Crippen molar-refractivity contribution in [3.05, 3.63) is 40.0 Å². The minimum atomic E-state index is -4.33. The Morgan fingerprint density at radius 2 is 1.52 bits per heavy atom. The number of hydrogen-bond acceptors (Lipinski definition) is 5. The fourth-order valence-electron chi connectivity index (χ4n) is 2.74.